The van der Waals surface area contributed by atoms with Gasteiger partial charge in [-0.1, -0.05) is 133 Å². The Morgan fingerprint density at radius 2 is 1.03 bits per heavy atom. The first kappa shape index (κ1) is 31.8. The molecule has 0 spiro atoms. The number of fused-ring (bicyclic) bond motifs is 13. The second kappa shape index (κ2) is 11.8. The van der Waals surface area contributed by atoms with Gasteiger partial charge in [-0.05, 0) is 36.4 Å². The molecule has 0 aliphatic carbocycles. The van der Waals surface area contributed by atoms with E-state index < -0.39 is 0 Å². The van der Waals surface area contributed by atoms with Gasteiger partial charge in [-0.2, -0.15) is 5.26 Å². The molecule has 0 atom stereocenters. The maximum Gasteiger partial charge on any atom is 0.169 e. The van der Waals surface area contributed by atoms with Crippen molar-refractivity contribution in [3.8, 4) is 45.9 Å². The van der Waals surface area contributed by atoms with Crippen LogP contribution >= 0.6 is 0 Å². The van der Waals surface area contributed by atoms with Crippen LogP contribution in [-0.4, -0.2) is 23.9 Å². The Bertz CT molecular complexity index is 3850. The summed E-state index contributed by atoms with van der Waals surface area (Å²) in [5.74, 6) is 1.39. The summed E-state index contributed by atoms with van der Waals surface area (Å²) in [4.78, 5) is 15.1. The Hall–Kier alpha value is -8.34. The normalized spacial score (nSPS) is 12.1. The fraction of sp³-hybridized carbons (Fsp3) is 0. The Morgan fingerprint density at radius 3 is 1.78 bits per heavy atom. The molecule has 7 nitrogen and oxygen atoms in total. The summed E-state index contributed by atoms with van der Waals surface area (Å²) < 4.78 is 11.6. The van der Waals surface area contributed by atoms with Crippen LogP contribution in [0.1, 0.15) is 5.56 Å². The molecule has 0 N–H and O–H groups in total. The fourth-order valence-electron chi connectivity index (χ4n) is 9.52. The fourth-order valence-corrected chi connectivity index (χ4v) is 9.52. The minimum Gasteiger partial charge on any atom is -0.455 e. The predicted octanol–water partition coefficient (Wildman–Crippen LogP) is 12.9. The lowest BCUT2D eigenvalue weighted by Crippen LogP contribution is -2.03. The van der Waals surface area contributed by atoms with Crippen molar-refractivity contribution in [1.82, 2.24) is 23.9 Å². The van der Waals surface area contributed by atoms with Crippen LogP contribution in [0.5, 0.6) is 0 Å². The second-order valence-electron chi connectivity index (χ2n) is 15.0. The maximum atomic E-state index is 11.1. The van der Waals surface area contributed by atoms with Crippen molar-refractivity contribution in [1.29, 1.82) is 5.26 Å². The maximum absolute atomic E-state index is 11.1. The molecule has 13 rings (SSSR count). The molecule has 8 aromatic carbocycles. The average molecular weight is 753 g/mol. The highest BCUT2D eigenvalue weighted by atomic mass is 16.3. The van der Waals surface area contributed by atoms with Crippen molar-refractivity contribution in [3.05, 3.63) is 175 Å². The lowest BCUT2D eigenvalue weighted by atomic mass is 10.00. The van der Waals surface area contributed by atoms with Crippen LogP contribution in [0.2, 0.25) is 0 Å². The van der Waals surface area contributed by atoms with Crippen LogP contribution < -0.4 is 0 Å². The van der Waals surface area contributed by atoms with E-state index in [4.69, 9.17) is 19.4 Å². The van der Waals surface area contributed by atoms with E-state index in [1.807, 2.05) is 84.9 Å². The zero-order chi connectivity index (χ0) is 38.8. The zero-order valence-electron chi connectivity index (χ0n) is 31.3. The molecule has 59 heavy (non-hydrogen) atoms. The van der Waals surface area contributed by atoms with Gasteiger partial charge in [0.25, 0.3) is 0 Å². The molecular formula is C52H28N6O. The summed E-state index contributed by atoms with van der Waals surface area (Å²) in [6.45, 7) is 0. The van der Waals surface area contributed by atoms with Crippen molar-refractivity contribution in [2.45, 2.75) is 0 Å². The van der Waals surface area contributed by atoms with E-state index >= 15 is 0 Å². The van der Waals surface area contributed by atoms with Crippen LogP contribution in [0.3, 0.4) is 0 Å². The third-order valence-corrected chi connectivity index (χ3v) is 11.9. The van der Waals surface area contributed by atoms with Crippen LogP contribution in [0.15, 0.2) is 174 Å². The lowest BCUT2D eigenvalue weighted by Gasteiger charge is -2.14. The molecule has 5 aromatic heterocycles. The van der Waals surface area contributed by atoms with Gasteiger partial charge in [-0.3, -0.25) is 0 Å². The number of nitriles is 1. The lowest BCUT2D eigenvalue weighted by molar-refractivity contribution is 0.669. The Morgan fingerprint density at radius 1 is 0.458 bits per heavy atom. The molecule has 0 amide bonds. The van der Waals surface area contributed by atoms with Crippen LogP contribution in [-0.2, 0) is 0 Å². The molecule has 5 heterocycles. The van der Waals surface area contributed by atoms with Crippen LogP contribution in [0.25, 0.3) is 122 Å². The SMILES string of the molecule is N#Cc1cc(-n2c3ccccc3c3c4c5cccc6c7ccccc7n(c4ccc32)c65)c2c(oc3ccccc32)c1-c1nc(-c2ccccc2)nc(-c2ccccc2)n1. The number of hydrogen-bond acceptors (Lipinski definition) is 5. The number of nitrogens with zero attached hydrogens (tertiary/aromatic N) is 6. The first-order valence-corrected chi connectivity index (χ1v) is 19.6. The Labute approximate surface area is 335 Å². The van der Waals surface area contributed by atoms with Gasteiger partial charge in [0, 0.05) is 48.8 Å². The molecule has 7 heteroatoms. The molecule has 0 radical (unpaired) electrons. The van der Waals surface area contributed by atoms with Gasteiger partial charge >= 0.3 is 0 Å². The Balaban J connectivity index is 1.16. The van der Waals surface area contributed by atoms with E-state index in [2.05, 4.69) is 100.0 Å². The number of aromatic nitrogens is 5. The number of rotatable bonds is 4. The smallest absolute Gasteiger partial charge is 0.169 e. The minimum atomic E-state index is 0.368. The third-order valence-electron chi connectivity index (χ3n) is 11.9. The molecule has 0 bridgehead atoms. The monoisotopic (exact) mass is 752 g/mol. The van der Waals surface area contributed by atoms with E-state index in [0.29, 0.717) is 39.8 Å². The van der Waals surface area contributed by atoms with Crippen molar-refractivity contribution < 1.29 is 4.42 Å². The molecule has 0 saturated carbocycles. The summed E-state index contributed by atoms with van der Waals surface area (Å²) in [7, 11) is 0. The first-order valence-electron chi connectivity index (χ1n) is 19.6. The van der Waals surface area contributed by atoms with Gasteiger partial charge in [0.1, 0.15) is 17.2 Å². The number of benzene rings is 8. The molecule has 0 aliphatic rings. The average Bonchev–Trinajstić information content (AvgIpc) is 4.05. The molecule has 0 saturated heterocycles. The third kappa shape index (κ3) is 4.32. The predicted molar refractivity (Wildman–Crippen MR) is 237 cm³/mol. The summed E-state index contributed by atoms with van der Waals surface area (Å²) in [6.07, 6.45) is 0. The topological polar surface area (TPSA) is 84.9 Å². The number of para-hydroxylation sites is 4. The van der Waals surface area contributed by atoms with Crippen molar-refractivity contribution in [2.24, 2.45) is 0 Å². The van der Waals surface area contributed by atoms with Crippen molar-refractivity contribution >= 4 is 81.8 Å². The zero-order valence-corrected chi connectivity index (χ0v) is 31.3. The van der Waals surface area contributed by atoms with E-state index in [1.54, 1.807) is 0 Å². The van der Waals surface area contributed by atoms with Gasteiger partial charge in [-0.25, -0.2) is 15.0 Å². The quantitative estimate of drug-likeness (QED) is 0.179. The highest BCUT2D eigenvalue weighted by Crippen LogP contribution is 2.47. The first-order chi connectivity index (χ1) is 29.2. The Kier molecular flexibility index (Phi) is 6.38. The largest absolute Gasteiger partial charge is 0.455 e. The number of hydrogen-bond donors (Lipinski definition) is 0. The molecule has 13 aromatic rings. The second-order valence-corrected chi connectivity index (χ2v) is 15.0. The van der Waals surface area contributed by atoms with Gasteiger partial charge < -0.3 is 13.4 Å². The van der Waals surface area contributed by atoms with E-state index in [-0.39, 0.29) is 0 Å². The van der Waals surface area contributed by atoms with Crippen LogP contribution in [0, 0.1) is 11.3 Å². The summed E-state index contributed by atoms with van der Waals surface area (Å²) >= 11 is 0. The summed E-state index contributed by atoms with van der Waals surface area (Å²) in [5, 5.41) is 20.2. The number of furan rings is 1. The van der Waals surface area contributed by atoms with E-state index in [1.165, 1.54) is 38.0 Å². The van der Waals surface area contributed by atoms with E-state index in [0.717, 1.165) is 49.5 Å². The molecule has 272 valence electrons. The van der Waals surface area contributed by atoms with Crippen molar-refractivity contribution in [3.63, 3.8) is 0 Å². The van der Waals surface area contributed by atoms with Gasteiger partial charge in [0.2, 0.25) is 0 Å². The standard InChI is InChI=1S/C52H28N6O/c53-29-32-28-42(57-39-24-11-8-19-35(39)45-40(57)26-27-41-46(45)37-22-13-21-34-33-18-7-10-23-38(33)58(41)48(34)37)47-36-20-9-12-25-43(36)59-49(47)44(32)52-55-50(30-14-3-1-4-15-30)54-51(56-52)31-16-5-2-6-17-31/h1-28H. The van der Waals surface area contributed by atoms with Gasteiger partial charge in [0.15, 0.2) is 17.5 Å². The molecule has 0 aliphatic heterocycles. The highest BCUT2D eigenvalue weighted by Gasteiger charge is 2.28. The van der Waals surface area contributed by atoms with Crippen LogP contribution in [0.4, 0.5) is 0 Å². The summed E-state index contributed by atoms with van der Waals surface area (Å²) in [5.41, 5.74) is 10.4. The molecule has 0 fully saturated rings. The minimum absolute atomic E-state index is 0.368. The molecular weight excluding hydrogens is 725 g/mol. The van der Waals surface area contributed by atoms with Gasteiger partial charge in [-0.15, -0.1) is 0 Å². The highest BCUT2D eigenvalue weighted by molar-refractivity contribution is 6.33. The van der Waals surface area contributed by atoms with E-state index in [9.17, 15) is 5.26 Å². The summed E-state index contributed by atoms with van der Waals surface area (Å²) in [6, 6.07) is 60.7. The molecule has 0 unspecified atom stereocenters. The van der Waals surface area contributed by atoms with Crippen molar-refractivity contribution in [2.75, 3.05) is 0 Å². The van der Waals surface area contributed by atoms with Gasteiger partial charge in [0.05, 0.1) is 49.8 Å².